The van der Waals surface area contributed by atoms with Crippen LogP contribution < -0.4 is 5.73 Å². The summed E-state index contributed by atoms with van der Waals surface area (Å²) in [6, 6.07) is 9.11. The van der Waals surface area contributed by atoms with E-state index in [1.54, 1.807) is 0 Å². The number of hydrogen-bond donors (Lipinski definition) is 1. The number of benzene rings is 1. The molecule has 2 rings (SSSR count). The predicted octanol–water partition coefficient (Wildman–Crippen LogP) is 3.35. The van der Waals surface area contributed by atoms with Crippen LogP contribution in [0, 0.1) is 9.49 Å². The molecule has 1 unspecified atom stereocenters. The molecule has 1 nitrogen and oxygen atoms in total. The summed E-state index contributed by atoms with van der Waals surface area (Å²) in [5.74, 6) is 0.768. The highest BCUT2D eigenvalue weighted by atomic mass is 127. The van der Waals surface area contributed by atoms with Gasteiger partial charge in [-0.1, -0.05) is 25.0 Å². The van der Waals surface area contributed by atoms with Crippen molar-refractivity contribution in [1.82, 2.24) is 0 Å². The fourth-order valence-electron chi connectivity index (χ4n) is 2.44. The Bertz CT molecular complexity index is 301. The molecule has 2 N–H and O–H groups in total. The Hall–Kier alpha value is -0.0900. The monoisotopic (exact) mass is 315 g/mol. The Morgan fingerprint density at radius 2 is 1.80 bits per heavy atom. The molecule has 82 valence electrons. The Morgan fingerprint density at radius 1 is 1.20 bits per heavy atom. The molecule has 0 bridgehead atoms. The fourth-order valence-corrected chi connectivity index (χ4v) is 2.80. The predicted molar refractivity (Wildman–Crippen MR) is 72.8 cm³/mol. The van der Waals surface area contributed by atoms with Crippen molar-refractivity contribution in [3.05, 3.63) is 33.4 Å². The summed E-state index contributed by atoms with van der Waals surface area (Å²) < 4.78 is 1.30. The highest BCUT2D eigenvalue weighted by Crippen LogP contribution is 2.28. The zero-order valence-corrected chi connectivity index (χ0v) is 11.1. The van der Waals surface area contributed by atoms with Gasteiger partial charge in [-0.05, 0) is 65.5 Å². The van der Waals surface area contributed by atoms with Gasteiger partial charge >= 0.3 is 0 Å². The Morgan fingerprint density at radius 3 is 2.40 bits per heavy atom. The van der Waals surface area contributed by atoms with Gasteiger partial charge in [0.1, 0.15) is 0 Å². The van der Waals surface area contributed by atoms with Crippen LogP contribution in [0.4, 0.5) is 0 Å². The second kappa shape index (κ2) is 5.30. The molecule has 1 saturated carbocycles. The second-order valence-electron chi connectivity index (χ2n) is 4.54. The van der Waals surface area contributed by atoms with Gasteiger partial charge in [-0.25, -0.2) is 0 Å². The van der Waals surface area contributed by atoms with Gasteiger partial charge in [0.2, 0.25) is 0 Å². The summed E-state index contributed by atoms with van der Waals surface area (Å²) in [7, 11) is 0. The quantitative estimate of drug-likeness (QED) is 0.851. The normalized spacial score (nSPS) is 19.3. The fraction of sp³-hybridized carbons (Fsp3) is 0.538. The summed E-state index contributed by atoms with van der Waals surface area (Å²) in [5, 5.41) is 0. The molecule has 0 aliphatic heterocycles. The molecule has 15 heavy (non-hydrogen) atoms. The van der Waals surface area contributed by atoms with E-state index in [-0.39, 0.29) is 0 Å². The van der Waals surface area contributed by atoms with Crippen LogP contribution in [-0.2, 0) is 6.42 Å². The molecular formula is C13H18IN. The van der Waals surface area contributed by atoms with Crippen LogP contribution >= 0.6 is 22.6 Å². The van der Waals surface area contributed by atoms with Crippen LogP contribution in [0.5, 0.6) is 0 Å². The molecule has 1 aliphatic carbocycles. The largest absolute Gasteiger partial charge is 0.327 e. The molecule has 0 heterocycles. The number of nitrogens with two attached hydrogens (primary N) is 1. The van der Waals surface area contributed by atoms with Gasteiger partial charge < -0.3 is 5.73 Å². The van der Waals surface area contributed by atoms with Gasteiger partial charge in [0.15, 0.2) is 0 Å². The van der Waals surface area contributed by atoms with Crippen molar-refractivity contribution in [1.29, 1.82) is 0 Å². The summed E-state index contributed by atoms with van der Waals surface area (Å²) in [5.41, 5.74) is 7.63. The molecule has 0 aromatic heterocycles. The van der Waals surface area contributed by atoms with Crippen LogP contribution in [0.25, 0.3) is 0 Å². The Kier molecular flexibility index (Phi) is 4.03. The lowest BCUT2D eigenvalue weighted by Gasteiger charge is -2.18. The zero-order valence-electron chi connectivity index (χ0n) is 8.95. The lowest BCUT2D eigenvalue weighted by Crippen LogP contribution is -2.30. The van der Waals surface area contributed by atoms with Crippen LogP contribution in [0.3, 0.4) is 0 Å². The molecule has 0 saturated heterocycles. The lowest BCUT2D eigenvalue weighted by molar-refractivity contribution is 0.429. The van der Waals surface area contributed by atoms with E-state index in [0.29, 0.717) is 6.04 Å². The minimum absolute atomic E-state index is 0.368. The van der Waals surface area contributed by atoms with E-state index < -0.39 is 0 Å². The molecule has 0 spiro atoms. The van der Waals surface area contributed by atoms with Crippen molar-refractivity contribution < 1.29 is 0 Å². The first-order chi connectivity index (χ1) is 7.25. The van der Waals surface area contributed by atoms with E-state index in [4.69, 9.17) is 5.73 Å². The van der Waals surface area contributed by atoms with Gasteiger partial charge in [0.25, 0.3) is 0 Å². The third-order valence-corrected chi connectivity index (χ3v) is 4.11. The maximum absolute atomic E-state index is 6.25. The van der Waals surface area contributed by atoms with Gasteiger partial charge in [0.05, 0.1) is 0 Å². The van der Waals surface area contributed by atoms with Gasteiger partial charge in [-0.2, -0.15) is 0 Å². The van der Waals surface area contributed by atoms with Crippen molar-refractivity contribution in [2.24, 2.45) is 11.7 Å². The highest BCUT2D eigenvalue weighted by molar-refractivity contribution is 14.1. The molecule has 1 atom stereocenters. The van der Waals surface area contributed by atoms with Crippen LogP contribution in [-0.4, -0.2) is 6.04 Å². The van der Waals surface area contributed by atoms with Crippen molar-refractivity contribution in [3.8, 4) is 0 Å². The maximum Gasteiger partial charge on any atom is 0.0130 e. The van der Waals surface area contributed by atoms with Crippen molar-refractivity contribution in [2.45, 2.75) is 38.1 Å². The van der Waals surface area contributed by atoms with E-state index in [2.05, 4.69) is 46.9 Å². The van der Waals surface area contributed by atoms with E-state index in [1.807, 2.05) is 0 Å². The van der Waals surface area contributed by atoms with Gasteiger partial charge in [-0.3, -0.25) is 0 Å². The Balaban J connectivity index is 1.92. The van der Waals surface area contributed by atoms with Crippen LogP contribution in [0.1, 0.15) is 31.2 Å². The number of halogens is 1. The molecule has 2 heteroatoms. The highest BCUT2D eigenvalue weighted by Gasteiger charge is 2.21. The average Bonchev–Trinajstić information content (AvgIpc) is 2.74. The minimum Gasteiger partial charge on any atom is -0.327 e. The molecule has 1 aromatic rings. The topological polar surface area (TPSA) is 26.0 Å². The standard InChI is InChI=1S/C13H18IN/c14-12-7-5-10(6-8-12)9-13(15)11-3-1-2-4-11/h5-8,11,13H,1-4,9,15H2. The summed E-state index contributed by atoms with van der Waals surface area (Å²) in [6.45, 7) is 0. The molecule has 1 aliphatic rings. The third-order valence-electron chi connectivity index (χ3n) is 3.39. The molecule has 1 fully saturated rings. The molecule has 0 amide bonds. The average molecular weight is 315 g/mol. The minimum atomic E-state index is 0.368. The van der Waals surface area contributed by atoms with Crippen molar-refractivity contribution in [2.75, 3.05) is 0 Å². The third kappa shape index (κ3) is 3.18. The van der Waals surface area contributed by atoms with E-state index >= 15 is 0 Å². The van der Waals surface area contributed by atoms with Crippen molar-refractivity contribution >= 4 is 22.6 Å². The number of rotatable bonds is 3. The van der Waals surface area contributed by atoms with Crippen molar-refractivity contribution in [3.63, 3.8) is 0 Å². The molecule has 1 aromatic carbocycles. The van der Waals surface area contributed by atoms with Crippen LogP contribution in [0.15, 0.2) is 24.3 Å². The number of hydrogen-bond acceptors (Lipinski definition) is 1. The summed E-state index contributed by atoms with van der Waals surface area (Å²) in [6.07, 6.45) is 6.48. The van der Waals surface area contributed by atoms with Gasteiger partial charge in [0, 0.05) is 9.61 Å². The van der Waals surface area contributed by atoms with Gasteiger partial charge in [-0.15, -0.1) is 0 Å². The Labute approximate surface area is 106 Å². The molecule has 0 radical (unpaired) electrons. The SMILES string of the molecule is NC(Cc1ccc(I)cc1)C1CCCC1. The summed E-state index contributed by atoms with van der Waals surface area (Å²) in [4.78, 5) is 0. The molecular weight excluding hydrogens is 297 g/mol. The van der Waals surface area contributed by atoms with Crippen LogP contribution in [0.2, 0.25) is 0 Å². The van der Waals surface area contributed by atoms with E-state index in [1.165, 1.54) is 34.8 Å². The first-order valence-corrected chi connectivity index (χ1v) is 6.83. The summed E-state index contributed by atoms with van der Waals surface area (Å²) >= 11 is 2.34. The first-order valence-electron chi connectivity index (χ1n) is 5.76. The smallest absolute Gasteiger partial charge is 0.0130 e. The maximum atomic E-state index is 6.25. The lowest BCUT2D eigenvalue weighted by atomic mass is 9.93. The zero-order chi connectivity index (χ0) is 10.7. The second-order valence-corrected chi connectivity index (χ2v) is 5.78. The first kappa shape index (κ1) is 11.4. The van der Waals surface area contributed by atoms with E-state index in [9.17, 15) is 0 Å². The van der Waals surface area contributed by atoms with E-state index in [0.717, 1.165) is 12.3 Å².